The zero-order valence-electron chi connectivity index (χ0n) is 18.2. The molecule has 6 nitrogen and oxygen atoms in total. The first kappa shape index (κ1) is 23.1. The van der Waals surface area contributed by atoms with Crippen molar-refractivity contribution in [1.82, 2.24) is 10.9 Å². The van der Waals surface area contributed by atoms with Gasteiger partial charge in [0.1, 0.15) is 4.21 Å². The topological polar surface area (TPSA) is 87.3 Å². The number of amides is 1. The Kier molecular flexibility index (Phi) is 7.15. The van der Waals surface area contributed by atoms with E-state index in [2.05, 4.69) is 34.3 Å². The van der Waals surface area contributed by atoms with Gasteiger partial charge in [0.2, 0.25) is 0 Å². The Morgan fingerprint density at radius 2 is 1.55 bits per heavy atom. The SMILES string of the molecule is C=C(NNC(=O)c1ccc(NS(=O)(=O)c2cccs2)cc1)c1ccc(C2CCCCC2)cc1. The largest absolute Gasteiger partial charge is 0.298 e. The maximum Gasteiger partial charge on any atom is 0.271 e. The van der Waals surface area contributed by atoms with Crippen molar-refractivity contribution in [2.45, 2.75) is 42.2 Å². The summed E-state index contributed by atoms with van der Waals surface area (Å²) in [6.45, 7) is 4.01. The van der Waals surface area contributed by atoms with Gasteiger partial charge in [-0.1, -0.05) is 56.2 Å². The van der Waals surface area contributed by atoms with E-state index in [1.165, 1.54) is 43.7 Å². The third-order valence-electron chi connectivity index (χ3n) is 5.82. The molecule has 0 spiro atoms. The predicted octanol–water partition coefficient (Wildman–Crippen LogP) is 5.50. The first-order chi connectivity index (χ1) is 15.9. The van der Waals surface area contributed by atoms with E-state index < -0.39 is 10.0 Å². The highest BCUT2D eigenvalue weighted by atomic mass is 32.2. The van der Waals surface area contributed by atoms with Crippen LogP contribution < -0.4 is 15.6 Å². The van der Waals surface area contributed by atoms with E-state index in [-0.39, 0.29) is 10.1 Å². The second-order valence-electron chi connectivity index (χ2n) is 8.13. The van der Waals surface area contributed by atoms with Crippen molar-refractivity contribution in [3.8, 4) is 0 Å². The molecule has 1 aromatic heterocycles. The molecule has 8 heteroatoms. The zero-order chi connectivity index (χ0) is 23.3. The number of benzene rings is 2. The molecule has 1 aliphatic carbocycles. The average Bonchev–Trinajstić information content (AvgIpc) is 3.40. The van der Waals surface area contributed by atoms with Crippen LogP contribution in [0.15, 0.2) is 76.8 Å². The summed E-state index contributed by atoms with van der Waals surface area (Å²) in [5.74, 6) is 0.300. The van der Waals surface area contributed by atoms with E-state index in [9.17, 15) is 13.2 Å². The van der Waals surface area contributed by atoms with Crippen molar-refractivity contribution in [3.05, 3.63) is 89.3 Å². The zero-order valence-corrected chi connectivity index (χ0v) is 19.8. The fraction of sp³-hybridized carbons (Fsp3) is 0.240. The van der Waals surface area contributed by atoms with Gasteiger partial charge in [-0.05, 0) is 65.6 Å². The normalized spacial score (nSPS) is 14.4. The minimum atomic E-state index is -3.62. The van der Waals surface area contributed by atoms with Gasteiger partial charge in [0.05, 0.1) is 5.70 Å². The summed E-state index contributed by atoms with van der Waals surface area (Å²) in [6, 6.07) is 17.8. The number of hydrazine groups is 1. The fourth-order valence-electron chi connectivity index (χ4n) is 3.98. The molecule has 1 fully saturated rings. The molecule has 0 saturated heterocycles. The van der Waals surface area contributed by atoms with Crippen LogP contribution in [0.2, 0.25) is 0 Å². The number of carbonyl (C=O) groups excluding carboxylic acids is 1. The summed E-state index contributed by atoms with van der Waals surface area (Å²) < 4.78 is 27.4. The Morgan fingerprint density at radius 1 is 0.879 bits per heavy atom. The lowest BCUT2D eigenvalue weighted by atomic mass is 9.84. The van der Waals surface area contributed by atoms with Crippen LogP contribution in [0, 0.1) is 0 Å². The fourth-order valence-corrected chi connectivity index (χ4v) is 6.03. The van der Waals surface area contributed by atoms with Crippen molar-refractivity contribution in [3.63, 3.8) is 0 Å². The van der Waals surface area contributed by atoms with Crippen LogP contribution in [0.4, 0.5) is 5.69 Å². The second-order valence-corrected chi connectivity index (χ2v) is 11.0. The molecule has 172 valence electrons. The number of carbonyl (C=O) groups is 1. The number of rotatable bonds is 8. The third kappa shape index (κ3) is 5.83. The van der Waals surface area contributed by atoms with Crippen molar-refractivity contribution >= 4 is 38.7 Å². The number of sulfonamides is 1. The predicted molar refractivity (Wildman–Crippen MR) is 133 cm³/mol. The molecule has 1 aliphatic rings. The van der Waals surface area contributed by atoms with E-state index in [4.69, 9.17) is 0 Å². The highest BCUT2D eigenvalue weighted by Crippen LogP contribution is 2.32. The molecular formula is C25H27N3O3S2. The Labute approximate surface area is 198 Å². The molecule has 1 heterocycles. The van der Waals surface area contributed by atoms with Gasteiger partial charge in [0.25, 0.3) is 15.9 Å². The minimum Gasteiger partial charge on any atom is -0.298 e. The average molecular weight is 482 g/mol. The summed E-state index contributed by atoms with van der Waals surface area (Å²) >= 11 is 1.14. The molecule has 4 rings (SSSR count). The maximum absolute atomic E-state index is 12.5. The van der Waals surface area contributed by atoms with Crippen LogP contribution in [0.5, 0.6) is 0 Å². The molecule has 0 unspecified atom stereocenters. The second kappa shape index (κ2) is 10.2. The lowest BCUT2D eigenvalue weighted by Gasteiger charge is -2.22. The van der Waals surface area contributed by atoms with Gasteiger partial charge in [0, 0.05) is 11.3 Å². The smallest absolute Gasteiger partial charge is 0.271 e. The molecule has 3 N–H and O–H groups in total. The Bertz CT molecular complexity index is 1200. The molecule has 1 amide bonds. The lowest BCUT2D eigenvalue weighted by molar-refractivity contribution is 0.0942. The summed E-state index contributed by atoms with van der Waals surface area (Å²) in [4.78, 5) is 12.5. The van der Waals surface area contributed by atoms with E-state index in [0.29, 0.717) is 22.9 Å². The van der Waals surface area contributed by atoms with Crippen LogP contribution in [-0.2, 0) is 10.0 Å². The molecule has 0 bridgehead atoms. The van der Waals surface area contributed by atoms with Crippen molar-refractivity contribution in [2.24, 2.45) is 0 Å². The first-order valence-corrected chi connectivity index (χ1v) is 13.3. The van der Waals surface area contributed by atoms with Gasteiger partial charge in [-0.3, -0.25) is 20.4 Å². The van der Waals surface area contributed by atoms with E-state index >= 15 is 0 Å². The van der Waals surface area contributed by atoms with Crippen molar-refractivity contribution in [2.75, 3.05) is 4.72 Å². The molecule has 2 aromatic carbocycles. The molecule has 0 atom stereocenters. The number of anilines is 1. The lowest BCUT2D eigenvalue weighted by Crippen LogP contribution is -2.35. The quantitative estimate of drug-likeness (QED) is 0.371. The monoisotopic (exact) mass is 481 g/mol. The maximum atomic E-state index is 12.5. The minimum absolute atomic E-state index is 0.235. The molecule has 33 heavy (non-hydrogen) atoms. The highest BCUT2D eigenvalue weighted by Gasteiger charge is 2.16. The van der Waals surface area contributed by atoms with Gasteiger partial charge in [0.15, 0.2) is 0 Å². The Balaban J connectivity index is 1.30. The highest BCUT2D eigenvalue weighted by molar-refractivity contribution is 7.94. The van der Waals surface area contributed by atoms with Crippen molar-refractivity contribution in [1.29, 1.82) is 0 Å². The summed E-state index contributed by atoms with van der Waals surface area (Å²) in [5.41, 5.74) is 9.15. The Morgan fingerprint density at radius 3 is 2.18 bits per heavy atom. The first-order valence-electron chi connectivity index (χ1n) is 10.9. The molecule has 3 aromatic rings. The molecule has 1 saturated carbocycles. The van der Waals surface area contributed by atoms with Crippen LogP contribution in [0.1, 0.15) is 59.5 Å². The van der Waals surface area contributed by atoms with Gasteiger partial charge < -0.3 is 0 Å². The summed E-state index contributed by atoms with van der Waals surface area (Å²) in [5, 5.41) is 1.70. The molecular weight excluding hydrogens is 454 g/mol. The van der Waals surface area contributed by atoms with Gasteiger partial charge >= 0.3 is 0 Å². The summed E-state index contributed by atoms with van der Waals surface area (Å²) in [6.07, 6.45) is 6.44. The third-order valence-corrected chi connectivity index (χ3v) is 8.60. The summed E-state index contributed by atoms with van der Waals surface area (Å²) in [7, 11) is -3.62. The van der Waals surface area contributed by atoms with E-state index in [0.717, 1.165) is 16.9 Å². The van der Waals surface area contributed by atoms with Crippen LogP contribution in [-0.4, -0.2) is 14.3 Å². The van der Waals surface area contributed by atoms with Crippen LogP contribution in [0.3, 0.4) is 0 Å². The van der Waals surface area contributed by atoms with Crippen molar-refractivity contribution < 1.29 is 13.2 Å². The number of thiophene rings is 1. The van der Waals surface area contributed by atoms with E-state index in [1.807, 2.05) is 12.1 Å². The number of hydrogen-bond donors (Lipinski definition) is 3. The van der Waals surface area contributed by atoms with Gasteiger partial charge in [-0.2, -0.15) is 0 Å². The van der Waals surface area contributed by atoms with Gasteiger partial charge in [-0.15, -0.1) is 11.3 Å². The van der Waals surface area contributed by atoms with Crippen LogP contribution in [0.25, 0.3) is 5.70 Å². The number of nitrogens with one attached hydrogen (secondary N) is 3. The standard InChI is InChI=1S/C25H27N3O3S2/c1-18(19-9-11-21(12-10-19)20-6-3-2-4-7-20)26-27-25(29)22-13-15-23(16-14-22)28-33(30,31)24-8-5-17-32-24/h5,8-17,20,26,28H,1-4,6-7H2,(H,27,29). The molecule has 0 radical (unpaired) electrons. The number of hydrogen-bond acceptors (Lipinski definition) is 5. The van der Waals surface area contributed by atoms with Gasteiger partial charge in [-0.25, -0.2) is 8.42 Å². The molecule has 0 aliphatic heterocycles. The Hall–Kier alpha value is -3.10. The van der Waals surface area contributed by atoms with Crippen LogP contribution >= 0.6 is 11.3 Å². The van der Waals surface area contributed by atoms with E-state index in [1.54, 1.807) is 35.7 Å².